The van der Waals surface area contributed by atoms with Crippen molar-refractivity contribution in [2.24, 2.45) is 5.73 Å². The Labute approximate surface area is 150 Å². The van der Waals surface area contributed by atoms with Crippen LogP contribution in [0.5, 0.6) is 0 Å². The van der Waals surface area contributed by atoms with Crippen molar-refractivity contribution in [2.75, 3.05) is 0 Å². The van der Waals surface area contributed by atoms with E-state index in [4.69, 9.17) is 5.73 Å². The first kappa shape index (κ1) is 17.3. The maximum absolute atomic E-state index is 12.2. The number of nitrogens with one attached hydrogen (secondary N) is 1. The number of pyridine rings is 1. The summed E-state index contributed by atoms with van der Waals surface area (Å²) in [6, 6.07) is 11.0. The Bertz CT molecular complexity index is 931. The van der Waals surface area contributed by atoms with Gasteiger partial charge in [0.25, 0.3) is 11.8 Å². The zero-order valence-electron chi connectivity index (χ0n) is 14.3. The molecular weight excluding hydrogens is 330 g/mol. The van der Waals surface area contributed by atoms with E-state index >= 15 is 0 Å². The summed E-state index contributed by atoms with van der Waals surface area (Å²) in [6.07, 6.45) is 5.05. The van der Waals surface area contributed by atoms with Crippen LogP contribution in [0.3, 0.4) is 0 Å². The van der Waals surface area contributed by atoms with Crippen molar-refractivity contribution < 1.29 is 9.59 Å². The number of primary amides is 1. The average Bonchev–Trinajstić information content (AvgIpc) is 3.05. The van der Waals surface area contributed by atoms with Gasteiger partial charge in [-0.25, -0.2) is 4.98 Å². The number of hydrogen-bond donors (Lipinski definition) is 2. The van der Waals surface area contributed by atoms with Crippen molar-refractivity contribution in [1.29, 1.82) is 0 Å². The molecule has 2 amide bonds. The van der Waals surface area contributed by atoms with Crippen LogP contribution in [-0.4, -0.2) is 26.3 Å². The van der Waals surface area contributed by atoms with Crippen LogP contribution in [0.25, 0.3) is 0 Å². The Kier molecular flexibility index (Phi) is 5.07. The van der Waals surface area contributed by atoms with Crippen molar-refractivity contribution >= 4 is 11.8 Å². The summed E-state index contributed by atoms with van der Waals surface area (Å²) in [7, 11) is 0. The molecule has 0 aliphatic rings. The molecule has 7 nitrogen and oxygen atoms in total. The van der Waals surface area contributed by atoms with Gasteiger partial charge in [-0.1, -0.05) is 24.3 Å². The van der Waals surface area contributed by atoms with Crippen LogP contribution < -0.4 is 11.1 Å². The molecule has 132 valence electrons. The number of nitrogens with zero attached hydrogens (tertiary/aromatic N) is 3. The van der Waals surface area contributed by atoms with E-state index in [1.165, 1.54) is 18.3 Å². The molecule has 2 heterocycles. The van der Waals surface area contributed by atoms with Gasteiger partial charge >= 0.3 is 0 Å². The molecule has 0 bridgehead atoms. The molecule has 26 heavy (non-hydrogen) atoms. The zero-order valence-corrected chi connectivity index (χ0v) is 14.3. The van der Waals surface area contributed by atoms with Gasteiger partial charge in [0, 0.05) is 31.7 Å². The third-order valence-electron chi connectivity index (χ3n) is 4.00. The van der Waals surface area contributed by atoms with Gasteiger partial charge in [0.05, 0.1) is 5.56 Å². The number of amides is 2. The number of nitrogens with two attached hydrogens (primary N) is 1. The molecule has 1 aromatic carbocycles. The van der Waals surface area contributed by atoms with Gasteiger partial charge in [0.1, 0.15) is 11.5 Å². The lowest BCUT2D eigenvalue weighted by atomic mass is 10.1. The third kappa shape index (κ3) is 4.13. The van der Waals surface area contributed by atoms with Crippen molar-refractivity contribution in [3.63, 3.8) is 0 Å². The van der Waals surface area contributed by atoms with Crippen LogP contribution in [-0.2, 0) is 13.1 Å². The molecule has 0 radical (unpaired) electrons. The fourth-order valence-corrected chi connectivity index (χ4v) is 2.56. The van der Waals surface area contributed by atoms with Gasteiger partial charge in [-0.15, -0.1) is 0 Å². The lowest BCUT2D eigenvalue weighted by molar-refractivity contribution is 0.0947. The van der Waals surface area contributed by atoms with Crippen LogP contribution in [0.15, 0.2) is 55.0 Å². The number of hydrogen-bond acceptors (Lipinski definition) is 4. The number of carbonyl (C=O) groups is 2. The van der Waals surface area contributed by atoms with E-state index in [0.717, 1.165) is 23.5 Å². The standard InChI is InChI=1S/C19H19N5O2/c1-13-21-7-8-24(13)12-15-4-2-3-14(9-15)10-23-19(26)16-5-6-17(18(20)25)22-11-16/h2-9,11H,10,12H2,1H3,(H2,20,25)(H,23,26). The molecule has 7 heteroatoms. The van der Waals surface area contributed by atoms with Gasteiger partial charge in [-0.05, 0) is 30.2 Å². The molecule has 0 saturated heterocycles. The maximum Gasteiger partial charge on any atom is 0.267 e. The lowest BCUT2D eigenvalue weighted by Gasteiger charge is -2.09. The van der Waals surface area contributed by atoms with Crippen LogP contribution >= 0.6 is 0 Å². The summed E-state index contributed by atoms with van der Waals surface area (Å²) >= 11 is 0. The van der Waals surface area contributed by atoms with Crippen molar-refractivity contribution in [3.05, 3.63) is 83.2 Å². The highest BCUT2D eigenvalue weighted by atomic mass is 16.2. The van der Waals surface area contributed by atoms with E-state index in [-0.39, 0.29) is 11.6 Å². The van der Waals surface area contributed by atoms with E-state index in [9.17, 15) is 9.59 Å². The number of rotatable bonds is 6. The highest BCUT2D eigenvalue weighted by Crippen LogP contribution is 2.09. The molecule has 3 N–H and O–H groups in total. The Hall–Kier alpha value is -3.48. The molecule has 3 aromatic rings. The van der Waals surface area contributed by atoms with E-state index in [2.05, 4.69) is 19.9 Å². The monoisotopic (exact) mass is 349 g/mol. The molecule has 0 aliphatic heterocycles. The molecule has 0 spiro atoms. The average molecular weight is 349 g/mol. The molecule has 0 saturated carbocycles. The molecule has 0 unspecified atom stereocenters. The predicted octanol–water partition coefficient (Wildman–Crippen LogP) is 1.66. The van der Waals surface area contributed by atoms with Gasteiger partial charge in [-0.3, -0.25) is 14.6 Å². The van der Waals surface area contributed by atoms with Crippen LogP contribution in [0.1, 0.15) is 37.8 Å². The summed E-state index contributed by atoms with van der Waals surface area (Å²) < 4.78 is 2.06. The summed E-state index contributed by atoms with van der Waals surface area (Å²) in [5.74, 6) is 0.0712. The number of benzene rings is 1. The first-order chi connectivity index (χ1) is 12.5. The zero-order chi connectivity index (χ0) is 18.5. The highest BCUT2D eigenvalue weighted by molar-refractivity contribution is 5.95. The number of aromatic nitrogens is 3. The van der Waals surface area contributed by atoms with Crippen molar-refractivity contribution in [2.45, 2.75) is 20.0 Å². The summed E-state index contributed by atoms with van der Waals surface area (Å²) in [6.45, 7) is 3.08. The van der Waals surface area contributed by atoms with Crippen molar-refractivity contribution in [3.8, 4) is 0 Å². The first-order valence-electron chi connectivity index (χ1n) is 8.12. The second kappa shape index (κ2) is 7.60. The number of carbonyl (C=O) groups excluding carboxylic acids is 2. The lowest BCUT2D eigenvalue weighted by Crippen LogP contribution is -2.23. The predicted molar refractivity (Wildman–Crippen MR) is 96.4 cm³/mol. The molecule has 0 fully saturated rings. The topological polar surface area (TPSA) is 103 Å². The van der Waals surface area contributed by atoms with Crippen LogP contribution in [0, 0.1) is 6.92 Å². The minimum absolute atomic E-state index is 0.129. The van der Waals surface area contributed by atoms with Gasteiger partial charge < -0.3 is 15.6 Å². The molecule has 3 rings (SSSR count). The molecule has 2 aromatic heterocycles. The summed E-state index contributed by atoms with van der Waals surface area (Å²) in [5, 5.41) is 2.85. The van der Waals surface area contributed by atoms with Gasteiger partial charge in [0.15, 0.2) is 0 Å². The van der Waals surface area contributed by atoms with E-state index in [1.54, 1.807) is 6.20 Å². The summed E-state index contributed by atoms with van der Waals surface area (Å²) in [5.41, 5.74) is 7.77. The highest BCUT2D eigenvalue weighted by Gasteiger charge is 2.08. The van der Waals surface area contributed by atoms with Gasteiger partial charge in [-0.2, -0.15) is 0 Å². The van der Waals surface area contributed by atoms with Crippen molar-refractivity contribution in [1.82, 2.24) is 19.9 Å². The van der Waals surface area contributed by atoms with Gasteiger partial charge in [0.2, 0.25) is 0 Å². The van der Waals surface area contributed by atoms with E-state index < -0.39 is 5.91 Å². The Balaban J connectivity index is 1.62. The van der Waals surface area contributed by atoms with E-state index in [1.807, 2.05) is 37.4 Å². The largest absolute Gasteiger partial charge is 0.364 e. The Morgan fingerprint density at radius 1 is 1.15 bits per heavy atom. The number of imidazole rings is 1. The SMILES string of the molecule is Cc1nccn1Cc1cccc(CNC(=O)c2ccc(C(N)=O)nc2)c1. The van der Waals surface area contributed by atoms with Crippen LogP contribution in [0.4, 0.5) is 0 Å². The maximum atomic E-state index is 12.2. The first-order valence-corrected chi connectivity index (χ1v) is 8.12. The fraction of sp³-hybridized carbons (Fsp3) is 0.158. The summed E-state index contributed by atoms with van der Waals surface area (Å²) in [4.78, 5) is 31.3. The second-order valence-corrected chi connectivity index (χ2v) is 5.90. The quantitative estimate of drug-likeness (QED) is 0.706. The minimum atomic E-state index is -0.623. The molecule has 0 aliphatic carbocycles. The van der Waals surface area contributed by atoms with Crippen LogP contribution in [0.2, 0.25) is 0 Å². The Morgan fingerprint density at radius 3 is 2.62 bits per heavy atom. The second-order valence-electron chi connectivity index (χ2n) is 5.90. The molecule has 0 atom stereocenters. The minimum Gasteiger partial charge on any atom is -0.364 e. The van der Waals surface area contributed by atoms with E-state index in [0.29, 0.717) is 12.1 Å². The smallest absolute Gasteiger partial charge is 0.267 e. The normalized spacial score (nSPS) is 10.5. The molecular formula is C19H19N5O2. The third-order valence-corrected chi connectivity index (χ3v) is 4.00. The Morgan fingerprint density at radius 2 is 1.96 bits per heavy atom. The fourth-order valence-electron chi connectivity index (χ4n) is 2.56. The number of aryl methyl sites for hydroxylation is 1.